The van der Waals surface area contributed by atoms with Gasteiger partial charge in [-0.25, -0.2) is 0 Å². The van der Waals surface area contributed by atoms with E-state index in [4.69, 9.17) is 0 Å². The predicted molar refractivity (Wildman–Crippen MR) is 264 cm³/mol. The Bertz CT molecular complexity index is 2690. The van der Waals surface area contributed by atoms with E-state index >= 15 is 0 Å². The summed E-state index contributed by atoms with van der Waals surface area (Å²) in [6.07, 6.45) is 17.4. The van der Waals surface area contributed by atoms with Crippen LogP contribution in [0.4, 0.5) is 11.4 Å². The van der Waals surface area contributed by atoms with Crippen LogP contribution in [0.5, 0.6) is 0 Å². The summed E-state index contributed by atoms with van der Waals surface area (Å²) in [5.74, 6) is -0.527. The summed E-state index contributed by atoms with van der Waals surface area (Å²) in [5, 5.41) is 3.94. The highest BCUT2D eigenvalue weighted by Gasteiger charge is 2.44. The molecule has 14 heteroatoms. The van der Waals surface area contributed by atoms with Crippen LogP contribution in [-0.2, 0) is 44.2 Å². The van der Waals surface area contributed by atoms with Gasteiger partial charge >= 0.3 is 0 Å². The Kier molecular flexibility index (Phi) is 15.6. The summed E-state index contributed by atoms with van der Waals surface area (Å²) in [4.78, 5) is 14.0. The summed E-state index contributed by atoms with van der Waals surface area (Å²) >= 11 is 0. The summed E-state index contributed by atoms with van der Waals surface area (Å²) in [5.41, 5.74) is 11.8. The third-order valence-corrected chi connectivity index (χ3v) is 14.6. The normalized spacial score (nSPS) is 18.3. The molecule has 0 amide bonds. The Balaban J connectivity index is 1.25. The SMILES string of the molecule is CC1(C)C(=CC=C2CCCC(C=CC3=[N+](CCCCS(=O)(=O)O)c4ccccc4C3(C)C)=C2NCCN(Cc2ccccn2)Cc2ccccn2)N(CCCCS(=O)(=O)O)c2ccccc21. The molecular weight excluding hydrogens is 869 g/mol. The van der Waals surface area contributed by atoms with Crippen LogP contribution in [0.3, 0.4) is 0 Å². The van der Waals surface area contributed by atoms with Crippen molar-refractivity contribution in [1.82, 2.24) is 20.2 Å². The van der Waals surface area contributed by atoms with Gasteiger partial charge in [-0.1, -0.05) is 74.5 Å². The van der Waals surface area contributed by atoms with E-state index in [0.29, 0.717) is 58.4 Å². The van der Waals surface area contributed by atoms with Crippen LogP contribution < -0.4 is 10.2 Å². The van der Waals surface area contributed by atoms with Crippen LogP contribution in [0.1, 0.15) is 95.2 Å². The molecule has 350 valence electrons. The molecular formula is C52H65N6O6S2+. The second-order valence-corrected chi connectivity index (χ2v) is 21.7. The van der Waals surface area contributed by atoms with Crippen LogP contribution >= 0.6 is 0 Å². The fourth-order valence-corrected chi connectivity index (χ4v) is 10.8. The third-order valence-electron chi connectivity index (χ3n) is 13.0. The van der Waals surface area contributed by atoms with Crippen LogP contribution in [0.25, 0.3) is 0 Å². The van der Waals surface area contributed by atoms with Gasteiger partial charge in [0.05, 0.1) is 28.3 Å². The van der Waals surface area contributed by atoms with Crippen molar-refractivity contribution in [2.75, 3.05) is 42.6 Å². The molecule has 0 saturated carbocycles. The fraction of sp³-hybridized carbons (Fsp3) is 0.404. The Morgan fingerprint density at radius 2 is 1.35 bits per heavy atom. The lowest BCUT2D eigenvalue weighted by atomic mass is 9.81. The maximum absolute atomic E-state index is 11.6. The van der Waals surface area contributed by atoms with E-state index in [-0.39, 0.29) is 22.3 Å². The Hall–Kier alpha value is -5.25. The van der Waals surface area contributed by atoms with Gasteiger partial charge in [0.15, 0.2) is 5.71 Å². The molecule has 4 heterocycles. The Morgan fingerprint density at radius 3 is 2.00 bits per heavy atom. The van der Waals surface area contributed by atoms with E-state index in [1.165, 1.54) is 22.3 Å². The van der Waals surface area contributed by atoms with Crippen LogP contribution in [0, 0.1) is 0 Å². The lowest BCUT2D eigenvalue weighted by molar-refractivity contribution is -0.438. The first kappa shape index (κ1) is 48.7. The van der Waals surface area contributed by atoms with Crippen molar-refractivity contribution in [3.63, 3.8) is 0 Å². The van der Waals surface area contributed by atoms with Gasteiger partial charge in [0, 0.05) is 91.7 Å². The van der Waals surface area contributed by atoms with Gasteiger partial charge in [0.1, 0.15) is 6.54 Å². The number of fused-ring (bicyclic) bond motifs is 2. The van der Waals surface area contributed by atoms with E-state index in [9.17, 15) is 25.9 Å². The summed E-state index contributed by atoms with van der Waals surface area (Å²) < 4.78 is 67.5. The van der Waals surface area contributed by atoms with Crippen molar-refractivity contribution in [2.24, 2.45) is 0 Å². The molecule has 4 aromatic rings. The van der Waals surface area contributed by atoms with Crippen molar-refractivity contribution in [3.05, 3.63) is 167 Å². The van der Waals surface area contributed by atoms with Gasteiger partial charge in [-0.05, 0) is 105 Å². The molecule has 2 aromatic carbocycles. The average Bonchev–Trinajstić information content (AvgIpc) is 3.63. The van der Waals surface area contributed by atoms with Crippen LogP contribution in [0.2, 0.25) is 0 Å². The molecule has 0 radical (unpaired) electrons. The Labute approximate surface area is 392 Å². The zero-order chi connectivity index (χ0) is 47.0. The lowest BCUT2D eigenvalue weighted by Crippen LogP contribution is -2.33. The fourth-order valence-electron chi connectivity index (χ4n) is 9.71. The number of aromatic nitrogens is 2. The zero-order valence-electron chi connectivity index (χ0n) is 38.7. The molecule has 12 nitrogen and oxygen atoms in total. The topological polar surface area (TPSA) is 156 Å². The maximum Gasteiger partial charge on any atom is 0.264 e. The largest absolute Gasteiger partial charge is 0.383 e. The summed E-state index contributed by atoms with van der Waals surface area (Å²) in [6.45, 7) is 12.9. The average molecular weight is 934 g/mol. The molecule has 2 aromatic heterocycles. The molecule has 1 aliphatic carbocycles. The highest BCUT2D eigenvalue weighted by atomic mass is 32.2. The van der Waals surface area contributed by atoms with Crippen LogP contribution in [-0.4, -0.2) is 88.8 Å². The highest BCUT2D eigenvalue weighted by Crippen LogP contribution is 2.48. The number of rotatable bonds is 21. The van der Waals surface area contributed by atoms with Gasteiger partial charge < -0.3 is 10.2 Å². The van der Waals surface area contributed by atoms with E-state index < -0.39 is 20.2 Å². The second-order valence-electron chi connectivity index (χ2n) is 18.6. The van der Waals surface area contributed by atoms with E-state index in [2.05, 4.69) is 130 Å². The number of allylic oxidation sites excluding steroid dienone is 7. The quantitative estimate of drug-likeness (QED) is 0.0416. The second kappa shape index (κ2) is 21.1. The molecule has 0 fully saturated rings. The van der Waals surface area contributed by atoms with Crippen molar-refractivity contribution in [3.8, 4) is 0 Å². The minimum absolute atomic E-state index is 0.263. The molecule has 7 rings (SSSR count). The highest BCUT2D eigenvalue weighted by molar-refractivity contribution is 7.86. The number of pyridine rings is 2. The van der Waals surface area contributed by atoms with Gasteiger partial charge in [0.25, 0.3) is 20.2 Å². The van der Waals surface area contributed by atoms with Gasteiger partial charge in [-0.3, -0.25) is 24.0 Å². The third kappa shape index (κ3) is 12.2. The molecule has 0 atom stereocenters. The number of anilines is 1. The number of para-hydroxylation sites is 2. The van der Waals surface area contributed by atoms with Crippen molar-refractivity contribution in [1.29, 1.82) is 0 Å². The van der Waals surface area contributed by atoms with Crippen molar-refractivity contribution < 1.29 is 30.5 Å². The van der Waals surface area contributed by atoms with Gasteiger partial charge in [-0.2, -0.15) is 21.4 Å². The van der Waals surface area contributed by atoms with Crippen molar-refractivity contribution >= 4 is 37.3 Å². The predicted octanol–water partition coefficient (Wildman–Crippen LogP) is 9.08. The molecule has 0 spiro atoms. The van der Waals surface area contributed by atoms with E-state index in [0.717, 1.165) is 65.7 Å². The van der Waals surface area contributed by atoms with Crippen molar-refractivity contribution in [2.45, 2.75) is 96.6 Å². The molecule has 3 N–H and O–H groups in total. The standard InChI is InChI=1S/C52H64N6O6S2/c1-51(2)44-22-5-7-24-46(44)57(33-13-15-36-65(59,60)61)48(51)28-26-40-18-17-19-41(50(40)55-32-35-56(38-42-20-9-11-30-53-42)39-43-21-10-12-31-54-43)27-29-49-52(3,4)45-23-6-8-25-47(45)58(49)34-14-16-37-66(62,63)64/h5-12,20-31H,13-19,32-39H2,1-4H3,(H2,59,60,61,62,63,64)/p+1. The number of hydrogen-bond acceptors (Lipinski definition) is 9. The molecule has 0 unspecified atom stereocenters. The molecule has 0 bridgehead atoms. The minimum Gasteiger partial charge on any atom is -0.383 e. The number of nitrogens with zero attached hydrogens (tertiary/aromatic N) is 5. The number of unbranched alkanes of at least 4 members (excludes halogenated alkanes) is 2. The number of nitrogens with one attached hydrogen (secondary N) is 1. The van der Waals surface area contributed by atoms with E-state index in [1.807, 2.05) is 48.8 Å². The van der Waals surface area contributed by atoms with Gasteiger partial charge in [0.2, 0.25) is 5.69 Å². The smallest absolute Gasteiger partial charge is 0.264 e. The maximum atomic E-state index is 11.6. The molecule has 0 saturated heterocycles. The lowest BCUT2D eigenvalue weighted by Gasteiger charge is -2.28. The minimum atomic E-state index is -4.04. The van der Waals surface area contributed by atoms with Gasteiger partial charge in [-0.15, -0.1) is 0 Å². The molecule has 66 heavy (non-hydrogen) atoms. The number of hydrogen-bond donors (Lipinski definition) is 3. The monoisotopic (exact) mass is 933 g/mol. The first-order valence-electron chi connectivity index (χ1n) is 23.1. The molecule has 2 aliphatic heterocycles. The van der Waals surface area contributed by atoms with E-state index in [1.54, 1.807) is 0 Å². The number of benzene rings is 2. The summed E-state index contributed by atoms with van der Waals surface area (Å²) in [6, 6.07) is 28.8. The summed E-state index contributed by atoms with van der Waals surface area (Å²) in [7, 11) is -8.09. The van der Waals surface area contributed by atoms with Crippen LogP contribution in [0.15, 0.2) is 144 Å². The zero-order valence-corrected chi connectivity index (χ0v) is 40.4. The molecule has 3 aliphatic rings. The first-order valence-corrected chi connectivity index (χ1v) is 26.3. The Morgan fingerprint density at radius 1 is 0.727 bits per heavy atom. The first-order chi connectivity index (χ1) is 31.5.